The summed E-state index contributed by atoms with van der Waals surface area (Å²) in [5.41, 5.74) is 3.53. The number of aromatic nitrogens is 2. The number of nitrogens with zero attached hydrogens (tertiary/aromatic N) is 3. The number of benzene rings is 1. The van der Waals surface area contributed by atoms with E-state index in [1.165, 1.54) is 6.07 Å². The van der Waals surface area contributed by atoms with Crippen LogP contribution in [-0.2, 0) is 0 Å². The van der Waals surface area contributed by atoms with Gasteiger partial charge in [-0.05, 0) is 81.0 Å². The van der Waals surface area contributed by atoms with E-state index >= 15 is 0 Å². The molecule has 4 nitrogen and oxygen atoms in total. The molecular formula is C22H23FN4S. The van der Waals surface area contributed by atoms with E-state index in [9.17, 15) is 4.39 Å². The van der Waals surface area contributed by atoms with Crippen molar-refractivity contribution >= 4 is 23.0 Å². The van der Waals surface area contributed by atoms with Crippen molar-refractivity contribution in [2.24, 2.45) is 0 Å². The second kappa shape index (κ2) is 7.36. The smallest absolute Gasteiger partial charge is 0.174 e. The van der Waals surface area contributed by atoms with Crippen LogP contribution in [0.1, 0.15) is 48.9 Å². The van der Waals surface area contributed by atoms with Crippen LogP contribution in [-0.4, -0.2) is 14.7 Å². The second-order valence-electron chi connectivity index (χ2n) is 7.36. The predicted octanol–water partition coefficient (Wildman–Crippen LogP) is 5.09. The van der Waals surface area contributed by atoms with Crippen LogP contribution < -0.4 is 10.2 Å². The molecule has 4 rings (SSSR count). The summed E-state index contributed by atoms with van der Waals surface area (Å²) in [5.74, 6) is -0.217. The molecular weight excluding hydrogens is 371 g/mol. The molecule has 3 heterocycles. The summed E-state index contributed by atoms with van der Waals surface area (Å²) in [7, 11) is 0. The minimum absolute atomic E-state index is 0.0929. The molecule has 3 aromatic rings. The first-order chi connectivity index (χ1) is 13.5. The molecule has 0 aliphatic carbocycles. The lowest BCUT2D eigenvalue weighted by atomic mass is 10.0. The van der Waals surface area contributed by atoms with Crippen LogP contribution in [0.15, 0.2) is 60.9 Å². The molecule has 1 aliphatic heterocycles. The lowest BCUT2D eigenvalue weighted by molar-refractivity contribution is 0.497. The SMILES string of the molecule is Cc1cc(N2C(=S)N[C@@H](c3ccccn3)[C@@H]2c2cccn2C(C)C)ccc1F. The Bertz CT molecular complexity index is 999. The highest BCUT2D eigenvalue weighted by Gasteiger charge is 2.42. The summed E-state index contributed by atoms with van der Waals surface area (Å²) in [6, 6.07) is 15.3. The highest BCUT2D eigenvalue weighted by atomic mass is 32.1. The standard InChI is InChI=1S/C22H23FN4S/c1-14(2)26-12-6-8-19(26)21-20(18-7-4-5-11-24-18)25-22(28)27(21)16-9-10-17(23)15(3)13-16/h4-14,20-21H,1-3H3,(H,25,28)/t20-,21-/m0/s1. The highest BCUT2D eigenvalue weighted by Crippen LogP contribution is 2.42. The average molecular weight is 395 g/mol. The van der Waals surface area contributed by atoms with Gasteiger partial charge in [0.25, 0.3) is 0 Å². The van der Waals surface area contributed by atoms with Gasteiger partial charge in [0.2, 0.25) is 0 Å². The van der Waals surface area contributed by atoms with Crippen LogP contribution in [0, 0.1) is 12.7 Å². The van der Waals surface area contributed by atoms with Crippen LogP contribution >= 0.6 is 12.2 Å². The third-order valence-electron chi connectivity index (χ3n) is 5.19. The number of anilines is 1. The number of nitrogens with one attached hydrogen (secondary N) is 1. The van der Waals surface area contributed by atoms with Crippen LogP contribution in [0.3, 0.4) is 0 Å². The molecule has 6 heteroatoms. The predicted molar refractivity (Wildman–Crippen MR) is 114 cm³/mol. The van der Waals surface area contributed by atoms with Crippen molar-refractivity contribution in [2.75, 3.05) is 4.90 Å². The second-order valence-corrected chi connectivity index (χ2v) is 7.75. The quantitative estimate of drug-likeness (QED) is 0.625. The number of hydrogen-bond acceptors (Lipinski definition) is 2. The number of hydrogen-bond donors (Lipinski definition) is 1. The topological polar surface area (TPSA) is 33.1 Å². The maximum Gasteiger partial charge on any atom is 0.174 e. The largest absolute Gasteiger partial charge is 0.351 e. The summed E-state index contributed by atoms with van der Waals surface area (Å²) in [5, 5.41) is 4.06. The Balaban J connectivity index is 1.87. The Kier molecular flexibility index (Phi) is 4.89. The van der Waals surface area contributed by atoms with Gasteiger partial charge in [-0.1, -0.05) is 6.07 Å². The monoisotopic (exact) mass is 394 g/mol. The molecule has 144 valence electrons. The Morgan fingerprint density at radius 2 is 1.96 bits per heavy atom. The minimum Gasteiger partial charge on any atom is -0.351 e. The first-order valence-corrected chi connectivity index (χ1v) is 9.81. The van der Waals surface area contributed by atoms with E-state index in [1.807, 2.05) is 24.3 Å². The molecule has 0 amide bonds. The van der Waals surface area contributed by atoms with Gasteiger partial charge in [-0.3, -0.25) is 4.98 Å². The first-order valence-electron chi connectivity index (χ1n) is 9.41. The maximum absolute atomic E-state index is 13.9. The van der Waals surface area contributed by atoms with Crippen molar-refractivity contribution in [3.8, 4) is 0 Å². The fourth-order valence-electron chi connectivity index (χ4n) is 3.84. The Hall–Kier alpha value is -2.73. The average Bonchev–Trinajstić information content (AvgIpc) is 3.29. The van der Waals surface area contributed by atoms with Crippen molar-refractivity contribution < 1.29 is 4.39 Å². The van der Waals surface area contributed by atoms with Crippen molar-refractivity contribution in [1.82, 2.24) is 14.9 Å². The van der Waals surface area contributed by atoms with E-state index in [0.717, 1.165) is 17.1 Å². The zero-order chi connectivity index (χ0) is 19.8. The van der Waals surface area contributed by atoms with Gasteiger partial charge in [0.05, 0.1) is 11.7 Å². The summed E-state index contributed by atoms with van der Waals surface area (Å²) in [4.78, 5) is 6.65. The molecule has 2 aromatic heterocycles. The first kappa shape index (κ1) is 18.6. The minimum atomic E-state index is -0.217. The number of rotatable bonds is 4. The molecule has 1 fully saturated rings. The molecule has 1 saturated heterocycles. The van der Waals surface area contributed by atoms with Gasteiger partial charge in [0.15, 0.2) is 5.11 Å². The molecule has 0 saturated carbocycles. The molecule has 1 N–H and O–H groups in total. The highest BCUT2D eigenvalue weighted by molar-refractivity contribution is 7.80. The van der Waals surface area contributed by atoms with Crippen molar-refractivity contribution in [1.29, 1.82) is 0 Å². The van der Waals surface area contributed by atoms with Gasteiger partial charge in [-0.25, -0.2) is 4.39 Å². The summed E-state index contributed by atoms with van der Waals surface area (Å²) in [6.07, 6.45) is 3.88. The molecule has 0 radical (unpaired) electrons. The molecule has 2 atom stereocenters. The normalized spacial score (nSPS) is 19.3. The van der Waals surface area contributed by atoms with Crippen LogP contribution in [0.25, 0.3) is 0 Å². The Morgan fingerprint density at radius 1 is 1.14 bits per heavy atom. The van der Waals surface area contributed by atoms with Crippen LogP contribution in [0.5, 0.6) is 0 Å². The van der Waals surface area contributed by atoms with Gasteiger partial charge in [0.1, 0.15) is 11.9 Å². The number of aryl methyl sites for hydroxylation is 1. The number of halogens is 1. The lowest BCUT2D eigenvalue weighted by Crippen LogP contribution is -2.30. The van der Waals surface area contributed by atoms with E-state index in [0.29, 0.717) is 16.7 Å². The lowest BCUT2D eigenvalue weighted by Gasteiger charge is -2.30. The van der Waals surface area contributed by atoms with E-state index in [-0.39, 0.29) is 17.9 Å². The van der Waals surface area contributed by atoms with Crippen molar-refractivity contribution in [2.45, 2.75) is 38.9 Å². The summed E-state index contributed by atoms with van der Waals surface area (Å²) < 4.78 is 16.1. The third-order valence-corrected chi connectivity index (χ3v) is 5.50. The molecule has 1 aliphatic rings. The van der Waals surface area contributed by atoms with Crippen LogP contribution in [0.4, 0.5) is 10.1 Å². The molecule has 0 unspecified atom stereocenters. The van der Waals surface area contributed by atoms with E-state index in [4.69, 9.17) is 12.2 Å². The zero-order valence-electron chi connectivity index (χ0n) is 16.1. The summed E-state index contributed by atoms with van der Waals surface area (Å²) in [6.45, 7) is 6.09. The molecule has 0 spiro atoms. The van der Waals surface area contributed by atoms with Gasteiger partial charge in [0, 0.05) is 29.8 Å². The fraction of sp³-hybridized carbons (Fsp3) is 0.273. The van der Waals surface area contributed by atoms with Gasteiger partial charge in [-0.2, -0.15) is 0 Å². The zero-order valence-corrected chi connectivity index (χ0v) is 16.9. The third kappa shape index (κ3) is 3.18. The van der Waals surface area contributed by atoms with Crippen LogP contribution in [0.2, 0.25) is 0 Å². The molecule has 1 aromatic carbocycles. The van der Waals surface area contributed by atoms with Crippen molar-refractivity contribution in [3.05, 3.63) is 83.7 Å². The number of thiocarbonyl (C=S) groups is 1. The Labute approximate surface area is 170 Å². The maximum atomic E-state index is 13.9. The number of pyridine rings is 1. The van der Waals surface area contributed by atoms with E-state index < -0.39 is 0 Å². The van der Waals surface area contributed by atoms with Crippen molar-refractivity contribution in [3.63, 3.8) is 0 Å². The molecule has 28 heavy (non-hydrogen) atoms. The Morgan fingerprint density at radius 3 is 2.64 bits per heavy atom. The molecule has 0 bridgehead atoms. The van der Waals surface area contributed by atoms with Gasteiger partial charge in [-0.15, -0.1) is 0 Å². The fourth-order valence-corrected chi connectivity index (χ4v) is 4.19. The summed E-state index contributed by atoms with van der Waals surface area (Å²) >= 11 is 5.72. The van der Waals surface area contributed by atoms with Gasteiger partial charge >= 0.3 is 0 Å². The van der Waals surface area contributed by atoms with E-state index in [1.54, 1.807) is 19.2 Å². The van der Waals surface area contributed by atoms with Gasteiger partial charge < -0.3 is 14.8 Å². The van der Waals surface area contributed by atoms with E-state index in [2.05, 4.69) is 51.9 Å².